The van der Waals surface area contributed by atoms with E-state index in [0.29, 0.717) is 18.5 Å². The topological polar surface area (TPSA) is 81.2 Å². The van der Waals surface area contributed by atoms with Crippen molar-refractivity contribution < 1.29 is 28.2 Å². The van der Waals surface area contributed by atoms with Crippen molar-refractivity contribution in [3.8, 4) is 11.3 Å². The van der Waals surface area contributed by atoms with Crippen molar-refractivity contribution in [2.75, 3.05) is 0 Å². The Morgan fingerprint density at radius 2 is 2.20 bits per heavy atom. The first-order chi connectivity index (χ1) is 11.5. The molecule has 3 aromatic heterocycles. The monoisotopic (exact) mass is 359 g/mol. The number of fused-ring (bicyclic) bond motifs is 3. The Kier molecular flexibility index (Phi) is 4.39. The summed E-state index contributed by atoms with van der Waals surface area (Å²) in [5.74, 6) is -0.287. The molecular weight excluding hydrogens is 342 g/mol. The predicted molar refractivity (Wildman–Crippen MR) is 88.2 cm³/mol. The van der Waals surface area contributed by atoms with Gasteiger partial charge in [0.15, 0.2) is 0 Å². The van der Waals surface area contributed by atoms with Crippen LogP contribution in [0, 0.1) is 13.8 Å². The van der Waals surface area contributed by atoms with Crippen molar-refractivity contribution in [3.63, 3.8) is 0 Å². The van der Waals surface area contributed by atoms with Gasteiger partial charge in [0.1, 0.15) is 5.76 Å². The zero-order valence-electron chi connectivity index (χ0n) is 14.9. The number of aryl methyl sites for hydroxylation is 3. The van der Waals surface area contributed by atoms with Crippen molar-refractivity contribution in [2.24, 2.45) is 0 Å². The summed E-state index contributed by atoms with van der Waals surface area (Å²) in [7, 11) is 0. The Hall–Kier alpha value is -2.60. The minimum atomic E-state index is -1.03. The van der Waals surface area contributed by atoms with Gasteiger partial charge in [0.25, 0.3) is 0 Å². The number of rotatable bonds is 3. The average Bonchev–Trinajstić information content (AvgIpc) is 3.07. The lowest BCUT2D eigenvalue weighted by Crippen LogP contribution is -3.00. The van der Waals surface area contributed by atoms with E-state index in [1.807, 2.05) is 29.9 Å². The van der Waals surface area contributed by atoms with Gasteiger partial charge >= 0.3 is 7.40 Å². The third kappa shape index (κ3) is 2.93. The Labute approximate surface area is 152 Å². The molecule has 1 N–H and O–H groups in total. The molecule has 0 bridgehead atoms. The molecule has 0 saturated heterocycles. The summed E-state index contributed by atoms with van der Waals surface area (Å²) in [4.78, 5) is 15.5. The molecule has 4 rings (SSSR count). The maximum absolute atomic E-state index is 11.3. The second kappa shape index (κ2) is 6.37. The number of pyridine rings is 1. The largest absolute Gasteiger partial charge is 1.00 e. The Bertz CT molecular complexity index is 965. The van der Waals surface area contributed by atoms with Gasteiger partial charge in [-0.25, -0.2) is 4.79 Å². The van der Waals surface area contributed by atoms with E-state index < -0.39 is 5.97 Å². The molecule has 1 aliphatic carbocycles. The Morgan fingerprint density at radius 3 is 2.92 bits per heavy atom. The van der Waals surface area contributed by atoms with E-state index in [1.165, 1.54) is 0 Å². The fraction of sp³-hybridized carbons (Fsp3) is 0.278. The maximum atomic E-state index is 11.3. The first-order valence-corrected chi connectivity index (χ1v) is 7.86. The highest BCUT2D eigenvalue weighted by Gasteiger charge is 2.29. The number of hydrogen-bond acceptors (Lipinski definition) is 4. The van der Waals surface area contributed by atoms with Gasteiger partial charge in [0.2, 0.25) is 5.76 Å². The second-order valence-corrected chi connectivity index (χ2v) is 6.17. The normalized spacial score (nSPS) is 12.2. The van der Waals surface area contributed by atoms with Crippen LogP contribution in [0.5, 0.6) is 0 Å². The molecule has 0 spiro atoms. The van der Waals surface area contributed by atoms with Gasteiger partial charge in [0.05, 0.1) is 12.2 Å². The molecule has 0 unspecified atom stereocenters. The number of aromatic carboxylic acids is 1. The smallest absolute Gasteiger partial charge is 1.00 e. The number of carboxylic acid groups (broad SMARTS) is 1. The van der Waals surface area contributed by atoms with E-state index in [1.54, 1.807) is 13.1 Å². The quantitative estimate of drug-likeness (QED) is 0.718. The van der Waals surface area contributed by atoms with E-state index in [0.717, 1.165) is 40.3 Å². The van der Waals surface area contributed by atoms with E-state index in [9.17, 15) is 9.90 Å². The van der Waals surface area contributed by atoms with Gasteiger partial charge < -0.3 is 21.9 Å². The molecule has 0 aromatic carbocycles. The van der Waals surface area contributed by atoms with Gasteiger partial charge in [0, 0.05) is 35.6 Å². The first kappa shape index (κ1) is 17.2. The fourth-order valence-electron chi connectivity index (χ4n) is 3.34. The standard InChI is InChI=1S/C18H17N3O3.ClH/c1-10-7-12(5-6-19-10)8-21-9-13-3-4-14-15(16(13)20-21)11(2)17(24-14)18(22)23;/h5-7,9H,3-4,8H2,1-2H3,(H,22,23);1H. The van der Waals surface area contributed by atoms with Gasteiger partial charge in [-0.3, -0.25) is 9.67 Å². The lowest BCUT2D eigenvalue weighted by atomic mass is 9.94. The van der Waals surface area contributed by atoms with Crippen LogP contribution in [0.1, 0.15) is 40.1 Å². The van der Waals surface area contributed by atoms with Crippen molar-refractivity contribution in [1.29, 1.82) is 0 Å². The minimum absolute atomic E-state index is 0. The number of aromatic nitrogens is 3. The molecule has 25 heavy (non-hydrogen) atoms. The Morgan fingerprint density at radius 1 is 1.40 bits per heavy atom. The number of halogens is 1. The third-order valence-corrected chi connectivity index (χ3v) is 4.42. The summed E-state index contributed by atoms with van der Waals surface area (Å²) in [6.07, 6.45) is 5.35. The van der Waals surface area contributed by atoms with E-state index >= 15 is 0 Å². The van der Waals surface area contributed by atoms with E-state index in [4.69, 9.17) is 9.52 Å². The van der Waals surface area contributed by atoms with Crippen LogP contribution >= 0.6 is 0 Å². The highest BCUT2D eigenvalue weighted by Crippen LogP contribution is 2.38. The highest BCUT2D eigenvalue weighted by atomic mass is 35.5. The van der Waals surface area contributed by atoms with Crippen molar-refractivity contribution in [2.45, 2.75) is 33.2 Å². The third-order valence-electron chi connectivity index (χ3n) is 4.42. The zero-order valence-corrected chi connectivity index (χ0v) is 14.7. The van der Waals surface area contributed by atoms with Gasteiger partial charge in [-0.15, -0.1) is 0 Å². The van der Waals surface area contributed by atoms with Gasteiger partial charge in [-0.05, 0) is 43.5 Å². The maximum Gasteiger partial charge on any atom is 1.00 e. The number of carboxylic acids is 1. The van der Waals surface area contributed by atoms with Crippen LogP contribution in [0.25, 0.3) is 11.3 Å². The average molecular weight is 360 g/mol. The van der Waals surface area contributed by atoms with Gasteiger partial charge in [-0.1, -0.05) is 0 Å². The van der Waals surface area contributed by atoms with Crippen molar-refractivity contribution >= 4 is 5.97 Å². The van der Waals surface area contributed by atoms with Crippen LogP contribution in [-0.2, 0) is 19.4 Å². The number of furan rings is 1. The zero-order chi connectivity index (χ0) is 16.8. The van der Waals surface area contributed by atoms with Crippen LogP contribution < -0.4 is 12.4 Å². The predicted octanol–water partition coefficient (Wildman–Crippen LogP) is 0.117. The van der Waals surface area contributed by atoms with E-state index in [-0.39, 0.29) is 19.6 Å². The number of hydrogen-bond donors (Lipinski definition) is 1. The fourth-order valence-corrected chi connectivity index (χ4v) is 3.34. The lowest BCUT2D eigenvalue weighted by molar-refractivity contribution is -0.0000208. The summed E-state index contributed by atoms with van der Waals surface area (Å²) in [5, 5.41) is 14.0. The van der Waals surface area contributed by atoms with Crippen LogP contribution in [-0.4, -0.2) is 25.8 Å². The summed E-state index contributed by atoms with van der Waals surface area (Å²) in [6.45, 7) is 4.41. The summed E-state index contributed by atoms with van der Waals surface area (Å²) < 4.78 is 7.45. The summed E-state index contributed by atoms with van der Waals surface area (Å²) >= 11 is 0. The number of carbonyl (C=O) groups is 1. The molecule has 0 amide bonds. The number of nitrogens with zero attached hydrogens (tertiary/aromatic N) is 3. The SMILES string of the molecule is Cc1cc(Cn2cc3c(n2)-c2c(oc(C(=O)O)c2C)CC3)ccn1.[Cl-].[H+]. The molecular formula is C18H18ClN3O3. The second-order valence-electron chi connectivity index (χ2n) is 6.17. The van der Waals surface area contributed by atoms with Gasteiger partial charge in [-0.2, -0.15) is 5.10 Å². The summed E-state index contributed by atoms with van der Waals surface area (Å²) in [5.41, 5.74) is 5.59. The molecule has 0 atom stereocenters. The van der Waals surface area contributed by atoms with Crippen LogP contribution in [0.4, 0.5) is 0 Å². The molecule has 0 radical (unpaired) electrons. The molecule has 130 valence electrons. The minimum Gasteiger partial charge on any atom is -1.00 e. The van der Waals surface area contributed by atoms with Crippen LogP contribution in [0.2, 0.25) is 0 Å². The Balaban J connectivity index is 0.00000121. The first-order valence-electron chi connectivity index (χ1n) is 7.86. The molecule has 0 fully saturated rings. The van der Waals surface area contributed by atoms with Crippen molar-refractivity contribution in [1.82, 2.24) is 14.8 Å². The van der Waals surface area contributed by atoms with E-state index in [2.05, 4.69) is 4.98 Å². The molecule has 7 heteroatoms. The lowest BCUT2D eigenvalue weighted by Gasteiger charge is -2.09. The molecule has 1 aliphatic rings. The molecule has 6 nitrogen and oxygen atoms in total. The summed E-state index contributed by atoms with van der Waals surface area (Å²) in [6, 6.07) is 4.02. The molecule has 3 heterocycles. The molecule has 0 aliphatic heterocycles. The molecule has 3 aromatic rings. The van der Waals surface area contributed by atoms with Crippen LogP contribution in [0.3, 0.4) is 0 Å². The molecule has 0 saturated carbocycles. The highest BCUT2D eigenvalue weighted by molar-refractivity contribution is 5.90. The van der Waals surface area contributed by atoms with Crippen LogP contribution in [0.15, 0.2) is 28.9 Å². The van der Waals surface area contributed by atoms with Crippen molar-refractivity contribution in [3.05, 3.63) is 58.4 Å².